The Morgan fingerprint density at radius 1 is 1.24 bits per heavy atom. The third-order valence-electron chi connectivity index (χ3n) is 0.813. The molecule has 1 amide bonds. The maximum Gasteiger partial charge on any atom is -0.0783 e. The van der Waals surface area contributed by atoms with Gasteiger partial charge in [-0.2, -0.15) is 0 Å². The second-order valence-electron chi connectivity index (χ2n) is 3.80. The molecule has 0 fully saturated rings. The Morgan fingerprint density at radius 3 is 1.82 bits per heavy atom. The van der Waals surface area contributed by atoms with Crippen LogP contribution in [-0.2, 0) is 8.58 Å². The molecule has 0 aliphatic carbocycles. The average Bonchev–Trinajstić information content (AvgIpc) is 2.10. The first-order valence-electron chi connectivity index (χ1n) is 5.61. The molecule has 0 bridgehead atoms. The monoisotopic (exact) mass is 261 g/mol. The van der Waals surface area contributed by atoms with E-state index in [4.69, 9.17) is 0 Å². The van der Waals surface area contributed by atoms with Crippen LogP contribution in [0, 0.1) is 0 Å². The van der Waals surface area contributed by atoms with Crippen LogP contribution in [0.4, 0.5) is 0 Å². The number of rotatable bonds is 4. The molecule has 0 radical (unpaired) electrons. The molecule has 5 nitrogen and oxygen atoms in total. The summed E-state index contributed by atoms with van der Waals surface area (Å²) in [7, 11) is 0. The summed E-state index contributed by atoms with van der Waals surface area (Å²) in [5.41, 5.74) is 0. The molecule has 0 saturated carbocycles. The summed E-state index contributed by atoms with van der Waals surface area (Å²) in [6, 6.07) is 0. The van der Waals surface area contributed by atoms with Crippen molar-refractivity contribution < 1.29 is 18.8 Å². The standard InChI is InChI=1S/C5H10NO2.2C3H7O.Al/c1-5(8)6-3-2-4-7;2*1-3(2)4;/h2-4H2,1H3,(H,6,8);2*3H,1-2H3;/q3*-1;+3. The molecule has 0 atom stereocenters. The van der Waals surface area contributed by atoms with E-state index in [1.54, 1.807) is 27.7 Å². The van der Waals surface area contributed by atoms with Gasteiger partial charge in [-0.3, -0.25) is 0 Å². The van der Waals surface area contributed by atoms with E-state index < -0.39 is 12.2 Å². The Morgan fingerprint density at radius 2 is 1.59 bits per heavy atom. The minimum absolute atomic E-state index is 0.0127. The van der Waals surface area contributed by atoms with Gasteiger partial charge in [-0.25, -0.2) is 0 Å². The second-order valence-corrected chi connectivity index (χ2v) is 4.14. The van der Waals surface area contributed by atoms with Gasteiger partial charge < -0.3 is 10.2 Å². The van der Waals surface area contributed by atoms with Crippen LogP contribution in [0.1, 0.15) is 41.0 Å². The van der Waals surface area contributed by atoms with Crippen LogP contribution in [0.25, 0.3) is 0 Å². The van der Waals surface area contributed by atoms with Crippen molar-refractivity contribution in [2.45, 2.75) is 53.2 Å². The van der Waals surface area contributed by atoms with Crippen LogP contribution in [0.5, 0.6) is 0 Å². The third-order valence-corrected chi connectivity index (χ3v) is 1.05. The Labute approximate surface area is 113 Å². The van der Waals surface area contributed by atoms with Crippen LogP contribution in [0.3, 0.4) is 0 Å². The predicted octanol–water partition coefficient (Wildman–Crippen LogP) is -0.877. The molecular formula is C11H24AlNO4. The number of hydrogen-bond acceptors (Lipinski definition) is 4. The van der Waals surface area contributed by atoms with Crippen LogP contribution >= 0.6 is 0 Å². The zero-order valence-corrected chi connectivity index (χ0v) is 12.6. The molecule has 0 aliphatic rings. The fraction of sp³-hybridized carbons (Fsp3) is 0.909. The van der Waals surface area contributed by atoms with E-state index in [-0.39, 0.29) is 5.91 Å². The first-order chi connectivity index (χ1) is 7.73. The largest absolute Gasteiger partial charge is 0.852 e. The summed E-state index contributed by atoms with van der Waals surface area (Å²) in [4.78, 5) is 10.2. The summed E-state index contributed by atoms with van der Waals surface area (Å²) in [5, 5.41) is 21.7. The molecule has 0 aromatic carbocycles. The number of nitrogens with one attached hydrogen (secondary N) is 1. The minimum atomic E-state index is -0.417. The smallest absolute Gasteiger partial charge is 0.0783 e. The average molecular weight is 261 g/mol. The quantitative estimate of drug-likeness (QED) is 0.526. The molecular weight excluding hydrogens is 237 g/mol. The van der Waals surface area contributed by atoms with Crippen molar-refractivity contribution in [3.05, 3.63) is 0 Å². The molecule has 0 aromatic heterocycles. The van der Waals surface area contributed by atoms with Crippen molar-refractivity contribution in [2.24, 2.45) is 0 Å². The van der Waals surface area contributed by atoms with Gasteiger partial charge in [0.1, 0.15) is 0 Å². The maximum absolute atomic E-state index is 10.2. The molecule has 0 aromatic rings. The van der Waals surface area contributed by atoms with E-state index in [2.05, 4.69) is 25.7 Å². The summed E-state index contributed by atoms with van der Waals surface area (Å²) in [6.07, 6.45) is 0.0308. The van der Waals surface area contributed by atoms with Gasteiger partial charge in [0.25, 0.3) is 0 Å². The zero-order valence-electron chi connectivity index (χ0n) is 11.5. The van der Waals surface area contributed by atoms with E-state index in [0.717, 1.165) is 6.42 Å². The molecule has 0 aliphatic heterocycles. The number of hydrogen-bond donors (Lipinski definition) is 1. The summed E-state index contributed by atoms with van der Waals surface area (Å²) in [6.45, 7) is 9.32. The first kappa shape index (κ1) is 22.1. The fourth-order valence-corrected chi connectivity index (χ4v) is 0.587. The summed E-state index contributed by atoms with van der Waals surface area (Å²) >= 11 is 2.16. The maximum atomic E-state index is 10.2. The second kappa shape index (κ2) is 18.3. The Hall–Kier alpha value is -0.118. The predicted molar refractivity (Wildman–Crippen MR) is 65.3 cm³/mol. The molecule has 1 N–H and O–H groups in total. The summed E-state index contributed by atoms with van der Waals surface area (Å²) in [5.74, 6) is 0.0127. The summed E-state index contributed by atoms with van der Waals surface area (Å²) < 4.78 is 4.69. The number of carbonyl (C=O) groups excluding carboxylic acids is 1. The Balaban J connectivity index is -0.000000205. The number of amides is 1. The van der Waals surface area contributed by atoms with E-state index in [1.807, 2.05) is 0 Å². The molecule has 0 heterocycles. The van der Waals surface area contributed by atoms with E-state index in [0.29, 0.717) is 13.2 Å². The SMILES string of the molecule is CC(=O)NCCC[O][Al+2].CC(C)[O-].CC(C)[O-]. The van der Waals surface area contributed by atoms with Gasteiger partial charge >= 0.3 is 62.9 Å². The van der Waals surface area contributed by atoms with Crippen LogP contribution in [0.15, 0.2) is 0 Å². The molecule has 0 unspecified atom stereocenters. The molecule has 0 saturated heterocycles. The van der Waals surface area contributed by atoms with Gasteiger partial charge in [0.15, 0.2) is 0 Å². The normalized spacial score (nSPS) is 9.12. The van der Waals surface area contributed by atoms with Crippen molar-refractivity contribution in [1.82, 2.24) is 5.32 Å². The topological polar surface area (TPSA) is 84.5 Å². The zero-order chi connectivity index (χ0) is 14.3. The Bertz CT molecular complexity index is 143. The van der Waals surface area contributed by atoms with Gasteiger partial charge in [-0.15, -0.1) is 12.2 Å². The van der Waals surface area contributed by atoms with Crippen molar-refractivity contribution in [3.8, 4) is 0 Å². The van der Waals surface area contributed by atoms with Crippen LogP contribution in [-0.4, -0.2) is 47.9 Å². The molecule has 100 valence electrons. The van der Waals surface area contributed by atoms with Gasteiger partial charge in [0, 0.05) is 0 Å². The molecule has 0 spiro atoms. The first-order valence-corrected chi connectivity index (χ1v) is 6.08. The third kappa shape index (κ3) is 88.5. The fourth-order valence-electron chi connectivity index (χ4n) is 0.420. The van der Waals surface area contributed by atoms with Crippen LogP contribution < -0.4 is 15.5 Å². The molecule has 6 heteroatoms. The van der Waals surface area contributed by atoms with Gasteiger partial charge in [-0.05, 0) is 0 Å². The van der Waals surface area contributed by atoms with Gasteiger partial charge in [0.2, 0.25) is 0 Å². The number of carbonyl (C=O) groups is 1. The van der Waals surface area contributed by atoms with E-state index in [9.17, 15) is 15.0 Å². The Kier molecular flexibility index (Phi) is 23.7. The molecule has 17 heavy (non-hydrogen) atoms. The van der Waals surface area contributed by atoms with Crippen LogP contribution in [0.2, 0.25) is 0 Å². The van der Waals surface area contributed by atoms with Gasteiger partial charge in [0.05, 0.1) is 0 Å². The van der Waals surface area contributed by atoms with Crippen molar-refractivity contribution in [1.29, 1.82) is 0 Å². The van der Waals surface area contributed by atoms with Crippen molar-refractivity contribution >= 4 is 22.5 Å². The van der Waals surface area contributed by atoms with Gasteiger partial charge in [-0.1, -0.05) is 27.7 Å². The minimum Gasteiger partial charge on any atom is -0.852 e. The van der Waals surface area contributed by atoms with E-state index in [1.165, 1.54) is 6.92 Å². The molecule has 0 rings (SSSR count). The van der Waals surface area contributed by atoms with Crippen molar-refractivity contribution in [2.75, 3.05) is 13.2 Å². The van der Waals surface area contributed by atoms with Crippen molar-refractivity contribution in [3.63, 3.8) is 0 Å². The van der Waals surface area contributed by atoms with E-state index >= 15 is 0 Å².